The maximum absolute atomic E-state index is 5.84. The van der Waals surface area contributed by atoms with E-state index in [1.54, 1.807) is 0 Å². The molecule has 1 atom stereocenters. The molecule has 0 amide bonds. The second kappa shape index (κ2) is 4.89. The number of para-hydroxylation sites is 1. The first-order valence-corrected chi connectivity index (χ1v) is 6.14. The smallest absolute Gasteiger partial charge is 0.125 e. The van der Waals surface area contributed by atoms with E-state index in [2.05, 4.69) is 25.1 Å². The molecule has 1 heterocycles. The summed E-state index contributed by atoms with van der Waals surface area (Å²) in [6.45, 7) is 3.04. The van der Waals surface area contributed by atoms with Crippen molar-refractivity contribution in [2.45, 2.75) is 26.2 Å². The number of rotatable bonds is 3. The van der Waals surface area contributed by atoms with Crippen molar-refractivity contribution in [3.8, 4) is 5.75 Å². The van der Waals surface area contributed by atoms with Gasteiger partial charge in [0.1, 0.15) is 5.75 Å². The summed E-state index contributed by atoms with van der Waals surface area (Å²) in [5, 5.41) is 0. The Labute approximate surface area is 96.4 Å². The molecule has 0 bridgehead atoms. The summed E-state index contributed by atoms with van der Waals surface area (Å²) < 4.78 is 5.76. The van der Waals surface area contributed by atoms with E-state index in [4.69, 9.17) is 16.3 Å². The molecule has 1 aromatic carbocycles. The minimum absolute atomic E-state index is 0.517. The Bertz CT molecular complexity index is 335. The van der Waals surface area contributed by atoms with E-state index in [1.807, 2.05) is 0 Å². The maximum Gasteiger partial charge on any atom is 0.125 e. The van der Waals surface area contributed by atoms with E-state index in [9.17, 15) is 0 Å². The molecule has 1 nitrogen and oxygen atoms in total. The first kappa shape index (κ1) is 10.8. The normalized spacial score (nSPS) is 16.7. The van der Waals surface area contributed by atoms with Crippen molar-refractivity contribution >= 4 is 11.6 Å². The van der Waals surface area contributed by atoms with Crippen molar-refractivity contribution in [1.29, 1.82) is 0 Å². The molecule has 1 unspecified atom stereocenters. The van der Waals surface area contributed by atoms with Gasteiger partial charge in [0.2, 0.25) is 0 Å². The van der Waals surface area contributed by atoms with Crippen LogP contribution in [0.2, 0.25) is 0 Å². The van der Waals surface area contributed by atoms with Gasteiger partial charge in [-0.3, -0.25) is 0 Å². The predicted molar refractivity (Wildman–Crippen MR) is 63.8 cm³/mol. The van der Waals surface area contributed by atoms with Gasteiger partial charge in [0, 0.05) is 5.88 Å². The molecule has 1 aliphatic rings. The van der Waals surface area contributed by atoms with Crippen molar-refractivity contribution in [3.63, 3.8) is 0 Å². The van der Waals surface area contributed by atoms with Crippen LogP contribution in [-0.2, 0) is 12.8 Å². The van der Waals surface area contributed by atoms with Crippen LogP contribution < -0.4 is 4.74 Å². The quantitative estimate of drug-likeness (QED) is 0.715. The van der Waals surface area contributed by atoms with Crippen LogP contribution in [0.1, 0.15) is 24.5 Å². The van der Waals surface area contributed by atoms with E-state index in [0.29, 0.717) is 11.8 Å². The third-order valence-electron chi connectivity index (χ3n) is 2.85. The van der Waals surface area contributed by atoms with Crippen molar-refractivity contribution < 1.29 is 4.74 Å². The van der Waals surface area contributed by atoms with E-state index >= 15 is 0 Å². The van der Waals surface area contributed by atoms with Gasteiger partial charge in [0.15, 0.2) is 0 Å². The van der Waals surface area contributed by atoms with Crippen molar-refractivity contribution in [2.75, 3.05) is 12.5 Å². The Balaban J connectivity index is 2.23. The Morgan fingerprint density at radius 3 is 3.13 bits per heavy atom. The average molecular weight is 225 g/mol. The monoisotopic (exact) mass is 224 g/mol. The molecule has 15 heavy (non-hydrogen) atoms. The standard InChI is InChI=1S/C13H17ClO/c1-10(9-14)8-12-5-2-4-11-6-3-7-15-13(11)12/h2,4-5,10H,3,6-9H2,1H3. The summed E-state index contributed by atoms with van der Waals surface area (Å²) in [4.78, 5) is 0. The molecule has 0 fully saturated rings. The molecule has 0 saturated carbocycles. The number of benzene rings is 1. The van der Waals surface area contributed by atoms with Crippen LogP contribution in [0.15, 0.2) is 18.2 Å². The van der Waals surface area contributed by atoms with Gasteiger partial charge in [-0.25, -0.2) is 0 Å². The van der Waals surface area contributed by atoms with E-state index in [0.717, 1.165) is 31.6 Å². The first-order chi connectivity index (χ1) is 7.31. The second-order valence-corrected chi connectivity index (χ2v) is 4.63. The molecular weight excluding hydrogens is 208 g/mol. The molecule has 0 saturated heterocycles. The Morgan fingerprint density at radius 1 is 1.47 bits per heavy atom. The highest BCUT2D eigenvalue weighted by atomic mass is 35.5. The van der Waals surface area contributed by atoms with Gasteiger partial charge in [-0.15, -0.1) is 11.6 Å². The zero-order valence-corrected chi connectivity index (χ0v) is 9.89. The molecule has 0 radical (unpaired) electrons. The maximum atomic E-state index is 5.84. The lowest BCUT2D eigenvalue weighted by molar-refractivity contribution is 0.284. The molecular formula is C13H17ClO. The van der Waals surface area contributed by atoms with Crippen LogP contribution >= 0.6 is 11.6 Å². The van der Waals surface area contributed by atoms with Crippen LogP contribution in [0.25, 0.3) is 0 Å². The fourth-order valence-corrected chi connectivity index (χ4v) is 2.16. The van der Waals surface area contributed by atoms with E-state index < -0.39 is 0 Å². The predicted octanol–water partition coefficient (Wildman–Crippen LogP) is 3.43. The van der Waals surface area contributed by atoms with Gasteiger partial charge in [-0.2, -0.15) is 0 Å². The summed E-state index contributed by atoms with van der Waals surface area (Å²) >= 11 is 5.84. The van der Waals surface area contributed by atoms with Crippen LogP contribution in [-0.4, -0.2) is 12.5 Å². The number of hydrogen-bond acceptors (Lipinski definition) is 1. The fourth-order valence-electron chi connectivity index (χ4n) is 2.05. The third kappa shape index (κ3) is 2.46. The number of fused-ring (bicyclic) bond motifs is 1. The van der Waals surface area contributed by atoms with Crippen LogP contribution in [0.3, 0.4) is 0 Å². The van der Waals surface area contributed by atoms with Gasteiger partial charge in [0.25, 0.3) is 0 Å². The lowest BCUT2D eigenvalue weighted by Crippen LogP contribution is -2.12. The van der Waals surface area contributed by atoms with Crippen molar-refractivity contribution in [2.24, 2.45) is 5.92 Å². The zero-order valence-electron chi connectivity index (χ0n) is 9.13. The summed E-state index contributed by atoms with van der Waals surface area (Å²) in [5.41, 5.74) is 2.68. The molecule has 82 valence electrons. The molecule has 0 aliphatic carbocycles. The Morgan fingerprint density at radius 2 is 2.33 bits per heavy atom. The molecule has 1 aromatic rings. The summed E-state index contributed by atoms with van der Waals surface area (Å²) in [6.07, 6.45) is 3.31. The van der Waals surface area contributed by atoms with Crippen LogP contribution in [0.5, 0.6) is 5.75 Å². The molecule has 0 aromatic heterocycles. The average Bonchev–Trinajstić information content (AvgIpc) is 2.29. The minimum atomic E-state index is 0.517. The van der Waals surface area contributed by atoms with Gasteiger partial charge in [0.05, 0.1) is 6.61 Å². The summed E-state index contributed by atoms with van der Waals surface area (Å²) in [7, 11) is 0. The molecule has 0 N–H and O–H groups in total. The topological polar surface area (TPSA) is 9.23 Å². The Hall–Kier alpha value is -0.690. The zero-order chi connectivity index (χ0) is 10.7. The van der Waals surface area contributed by atoms with Gasteiger partial charge >= 0.3 is 0 Å². The van der Waals surface area contributed by atoms with Gasteiger partial charge < -0.3 is 4.74 Å². The SMILES string of the molecule is CC(CCl)Cc1cccc2c1OCCC2. The lowest BCUT2D eigenvalue weighted by atomic mass is 9.96. The number of hydrogen-bond donors (Lipinski definition) is 0. The first-order valence-electron chi connectivity index (χ1n) is 5.61. The second-order valence-electron chi connectivity index (χ2n) is 4.32. The number of aryl methyl sites for hydroxylation is 1. The molecule has 1 aliphatic heterocycles. The van der Waals surface area contributed by atoms with Crippen LogP contribution in [0, 0.1) is 5.92 Å². The highest BCUT2D eigenvalue weighted by molar-refractivity contribution is 6.18. The van der Waals surface area contributed by atoms with Crippen molar-refractivity contribution in [3.05, 3.63) is 29.3 Å². The van der Waals surface area contributed by atoms with Gasteiger partial charge in [-0.1, -0.05) is 25.1 Å². The Kier molecular flexibility index (Phi) is 3.53. The van der Waals surface area contributed by atoms with Crippen molar-refractivity contribution in [1.82, 2.24) is 0 Å². The number of alkyl halides is 1. The minimum Gasteiger partial charge on any atom is -0.493 e. The lowest BCUT2D eigenvalue weighted by Gasteiger charge is -2.21. The van der Waals surface area contributed by atoms with Crippen LogP contribution in [0.4, 0.5) is 0 Å². The molecule has 0 spiro atoms. The largest absolute Gasteiger partial charge is 0.493 e. The summed E-state index contributed by atoms with van der Waals surface area (Å²) in [6, 6.07) is 6.46. The molecule has 2 heteroatoms. The third-order valence-corrected chi connectivity index (χ3v) is 3.37. The molecule has 2 rings (SSSR count). The van der Waals surface area contributed by atoms with Gasteiger partial charge in [-0.05, 0) is 36.3 Å². The number of ether oxygens (including phenoxy) is 1. The highest BCUT2D eigenvalue weighted by Crippen LogP contribution is 2.30. The number of halogens is 1. The van der Waals surface area contributed by atoms with E-state index in [1.165, 1.54) is 11.1 Å². The van der Waals surface area contributed by atoms with E-state index in [-0.39, 0.29) is 0 Å². The highest BCUT2D eigenvalue weighted by Gasteiger charge is 2.15. The summed E-state index contributed by atoms with van der Waals surface area (Å²) in [5.74, 6) is 2.35. The fraction of sp³-hybridized carbons (Fsp3) is 0.538.